The van der Waals surface area contributed by atoms with Gasteiger partial charge in [0.25, 0.3) is 0 Å². The summed E-state index contributed by atoms with van der Waals surface area (Å²) in [6, 6.07) is 11.7. The van der Waals surface area contributed by atoms with E-state index in [0.29, 0.717) is 6.04 Å². The van der Waals surface area contributed by atoms with Crippen molar-refractivity contribution >= 4 is 10.8 Å². The van der Waals surface area contributed by atoms with E-state index >= 15 is 0 Å². The standard InChI is InChI=1S/C19H24FN/c1-21-19(13-14-7-3-2-4-8-14)17-11-12-18(20)16-10-6-5-9-15(16)17/h5-6,9-12,14,19,21H,2-4,7-8,13H2,1H3. The third-order valence-corrected chi connectivity index (χ3v) is 4.92. The molecule has 0 aliphatic heterocycles. The molecule has 21 heavy (non-hydrogen) atoms. The van der Waals surface area contributed by atoms with Crippen LogP contribution in [0.5, 0.6) is 0 Å². The number of benzene rings is 2. The summed E-state index contributed by atoms with van der Waals surface area (Å²) in [5.74, 6) is 0.682. The van der Waals surface area contributed by atoms with Crippen molar-refractivity contribution in [1.29, 1.82) is 0 Å². The van der Waals surface area contributed by atoms with Gasteiger partial charge in [0.05, 0.1) is 0 Å². The van der Waals surface area contributed by atoms with Crippen LogP contribution in [0.25, 0.3) is 10.8 Å². The molecule has 2 heteroatoms. The van der Waals surface area contributed by atoms with E-state index in [1.165, 1.54) is 37.7 Å². The Morgan fingerprint density at radius 2 is 1.76 bits per heavy atom. The highest BCUT2D eigenvalue weighted by molar-refractivity contribution is 5.86. The van der Waals surface area contributed by atoms with E-state index in [9.17, 15) is 4.39 Å². The fourth-order valence-corrected chi connectivity index (χ4v) is 3.75. The van der Waals surface area contributed by atoms with Gasteiger partial charge in [-0.15, -0.1) is 0 Å². The molecule has 0 spiro atoms. The van der Waals surface area contributed by atoms with E-state index in [1.807, 2.05) is 37.4 Å². The average molecular weight is 285 g/mol. The van der Waals surface area contributed by atoms with Gasteiger partial charge in [0.15, 0.2) is 0 Å². The SMILES string of the molecule is CNC(CC1CCCCC1)c1ccc(F)c2ccccc12. The van der Waals surface area contributed by atoms with Crippen molar-refractivity contribution in [1.82, 2.24) is 5.32 Å². The molecular formula is C19H24FN. The number of hydrogen-bond acceptors (Lipinski definition) is 1. The lowest BCUT2D eigenvalue weighted by Crippen LogP contribution is -2.21. The van der Waals surface area contributed by atoms with Crippen molar-refractivity contribution in [2.24, 2.45) is 5.92 Å². The molecule has 2 aromatic carbocycles. The van der Waals surface area contributed by atoms with Crippen LogP contribution in [0, 0.1) is 11.7 Å². The van der Waals surface area contributed by atoms with Gasteiger partial charge in [-0.2, -0.15) is 0 Å². The van der Waals surface area contributed by atoms with Gasteiger partial charge in [-0.3, -0.25) is 0 Å². The highest BCUT2D eigenvalue weighted by Gasteiger charge is 2.21. The van der Waals surface area contributed by atoms with Crippen molar-refractivity contribution in [3.05, 3.63) is 47.8 Å². The van der Waals surface area contributed by atoms with Crippen molar-refractivity contribution in [3.63, 3.8) is 0 Å². The van der Waals surface area contributed by atoms with Crippen molar-refractivity contribution in [3.8, 4) is 0 Å². The lowest BCUT2D eigenvalue weighted by atomic mass is 9.82. The van der Waals surface area contributed by atoms with E-state index in [4.69, 9.17) is 0 Å². The number of fused-ring (bicyclic) bond motifs is 1. The summed E-state index contributed by atoms with van der Waals surface area (Å²) in [4.78, 5) is 0. The summed E-state index contributed by atoms with van der Waals surface area (Å²) in [6.07, 6.45) is 7.97. The van der Waals surface area contributed by atoms with Crippen molar-refractivity contribution in [2.75, 3.05) is 7.05 Å². The van der Waals surface area contributed by atoms with Crippen LogP contribution in [0.15, 0.2) is 36.4 Å². The summed E-state index contributed by atoms with van der Waals surface area (Å²) < 4.78 is 14.0. The quantitative estimate of drug-likeness (QED) is 0.813. The molecule has 0 aromatic heterocycles. The largest absolute Gasteiger partial charge is 0.313 e. The summed E-state index contributed by atoms with van der Waals surface area (Å²) >= 11 is 0. The third-order valence-electron chi connectivity index (χ3n) is 4.92. The minimum Gasteiger partial charge on any atom is -0.313 e. The van der Waals surface area contributed by atoms with Crippen LogP contribution in [0.4, 0.5) is 4.39 Å². The monoisotopic (exact) mass is 285 g/mol. The van der Waals surface area contributed by atoms with Crippen molar-refractivity contribution < 1.29 is 4.39 Å². The van der Waals surface area contributed by atoms with Gasteiger partial charge in [-0.1, -0.05) is 62.4 Å². The second-order valence-electron chi connectivity index (χ2n) is 6.26. The Morgan fingerprint density at radius 3 is 2.48 bits per heavy atom. The second kappa shape index (κ2) is 6.57. The van der Waals surface area contributed by atoms with Crippen LogP contribution in [-0.4, -0.2) is 7.05 Å². The Hall–Kier alpha value is -1.41. The first kappa shape index (κ1) is 14.5. The minimum atomic E-state index is -0.123. The number of hydrogen-bond donors (Lipinski definition) is 1. The first-order chi connectivity index (χ1) is 10.3. The van der Waals surface area contributed by atoms with Crippen LogP contribution in [-0.2, 0) is 0 Å². The maximum absolute atomic E-state index is 14.0. The zero-order valence-electron chi connectivity index (χ0n) is 12.7. The third kappa shape index (κ3) is 3.11. The van der Waals surface area contributed by atoms with E-state index in [-0.39, 0.29) is 5.82 Å². The molecule has 3 rings (SSSR count). The van der Waals surface area contributed by atoms with Crippen LogP contribution in [0.1, 0.15) is 50.1 Å². The lowest BCUT2D eigenvalue weighted by Gasteiger charge is -2.27. The minimum absolute atomic E-state index is 0.123. The van der Waals surface area contributed by atoms with Crippen LogP contribution < -0.4 is 5.32 Å². The first-order valence-electron chi connectivity index (χ1n) is 8.14. The molecule has 2 aromatic rings. The number of rotatable bonds is 4. The predicted molar refractivity (Wildman–Crippen MR) is 86.9 cm³/mol. The molecule has 1 aliphatic rings. The first-order valence-corrected chi connectivity index (χ1v) is 8.14. The van der Waals surface area contributed by atoms with E-state index < -0.39 is 0 Å². The van der Waals surface area contributed by atoms with Gasteiger partial charge in [-0.05, 0) is 36.4 Å². The Bertz CT molecular complexity index is 602. The number of halogens is 1. The van der Waals surface area contributed by atoms with Gasteiger partial charge in [-0.25, -0.2) is 4.39 Å². The van der Waals surface area contributed by atoms with Gasteiger partial charge in [0.2, 0.25) is 0 Å². The smallest absolute Gasteiger partial charge is 0.131 e. The van der Waals surface area contributed by atoms with Gasteiger partial charge < -0.3 is 5.32 Å². The average Bonchev–Trinajstić information content (AvgIpc) is 2.55. The topological polar surface area (TPSA) is 12.0 Å². The van der Waals surface area contributed by atoms with Gasteiger partial charge in [0.1, 0.15) is 5.82 Å². The second-order valence-corrected chi connectivity index (χ2v) is 6.26. The van der Waals surface area contributed by atoms with E-state index in [1.54, 1.807) is 6.07 Å². The molecule has 112 valence electrons. The van der Waals surface area contributed by atoms with E-state index in [2.05, 4.69) is 5.32 Å². The fourth-order valence-electron chi connectivity index (χ4n) is 3.75. The van der Waals surface area contributed by atoms with Crippen LogP contribution in [0.3, 0.4) is 0 Å². The molecule has 1 fully saturated rings. The Morgan fingerprint density at radius 1 is 1.05 bits per heavy atom. The van der Waals surface area contributed by atoms with Crippen molar-refractivity contribution in [2.45, 2.75) is 44.6 Å². The van der Waals surface area contributed by atoms with Crippen LogP contribution in [0.2, 0.25) is 0 Å². The molecule has 1 unspecified atom stereocenters. The molecule has 1 aliphatic carbocycles. The number of nitrogens with one attached hydrogen (secondary N) is 1. The molecule has 0 radical (unpaired) electrons. The highest BCUT2D eigenvalue weighted by Crippen LogP contribution is 2.34. The molecular weight excluding hydrogens is 261 g/mol. The molecule has 1 atom stereocenters. The maximum Gasteiger partial charge on any atom is 0.131 e. The lowest BCUT2D eigenvalue weighted by molar-refractivity contribution is 0.306. The molecule has 1 saturated carbocycles. The maximum atomic E-state index is 14.0. The Labute approximate surface area is 126 Å². The molecule has 0 bridgehead atoms. The Kier molecular flexibility index (Phi) is 4.54. The molecule has 0 heterocycles. The van der Waals surface area contributed by atoms with E-state index in [0.717, 1.165) is 23.1 Å². The Balaban J connectivity index is 1.91. The van der Waals surface area contributed by atoms with Gasteiger partial charge in [0, 0.05) is 11.4 Å². The summed E-state index contributed by atoms with van der Waals surface area (Å²) in [5, 5.41) is 5.24. The summed E-state index contributed by atoms with van der Waals surface area (Å²) in [5.41, 5.74) is 1.24. The highest BCUT2D eigenvalue weighted by atomic mass is 19.1. The molecule has 1 nitrogen and oxygen atoms in total. The normalized spacial score (nSPS) is 18.0. The van der Waals surface area contributed by atoms with Crippen LogP contribution >= 0.6 is 0 Å². The summed E-state index contributed by atoms with van der Waals surface area (Å²) in [6.45, 7) is 0. The predicted octanol–water partition coefficient (Wildman–Crippen LogP) is 5.21. The van der Waals surface area contributed by atoms with Gasteiger partial charge >= 0.3 is 0 Å². The zero-order valence-corrected chi connectivity index (χ0v) is 12.7. The zero-order chi connectivity index (χ0) is 14.7. The molecule has 1 N–H and O–H groups in total. The molecule has 0 saturated heterocycles. The fraction of sp³-hybridized carbons (Fsp3) is 0.474. The molecule has 0 amide bonds. The summed E-state index contributed by atoms with van der Waals surface area (Å²) in [7, 11) is 2.02.